The van der Waals surface area contributed by atoms with Crippen molar-refractivity contribution in [2.24, 2.45) is 11.3 Å². The molecule has 0 aromatic heterocycles. The molecule has 3 nitrogen and oxygen atoms in total. The molecule has 0 atom stereocenters. The molecule has 2 fully saturated rings. The van der Waals surface area contributed by atoms with Gasteiger partial charge in [0.2, 0.25) is 0 Å². The zero-order chi connectivity index (χ0) is 12.3. The van der Waals surface area contributed by atoms with E-state index in [1.807, 2.05) is 4.90 Å². The maximum absolute atomic E-state index is 12.0. The summed E-state index contributed by atoms with van der Waals surface area (Å²) in [7, 11) is 0. The first-order valence-corrected chi connectivity index (χ1v) is 7.12. The summed E-state index contributed by atoms with van der Waals surface area (Å²) in [4.78, 5) is 14.0. The van der Waals surface area contributed by atoms with Gasteiger partial charge >= 0.3 is 6.03 Å². The van der Waals surface area contributed by atoms with Crippen LogP contribution in [0.1, 0.15) is 52.4 Å². The summed E-state index contributed by atoms with van der Waals surface area (Å²) in [5.41, 5.74) is 0.360. The monoisotopic (exact) mass is 238 g/mol. The standard InChI is InChI=1S/C14H26N2O/c1-12-5-9-16(10-6-12)13(17)15-11-14(2)7-3-4-8-14/h12H,3-11H2,1-2H3,(H,15,17). The first-order chi connectivity index (χ1) is 8.09. The number of hydrogen-bond acceptors (Lipinski definition) is 1. The highest BCUT2D eigenvalue weighted by atomic mass is 16.2. The summed E-state index contributed by atoms with van der Waals surface area (Å²) in [5, 5.41) is 3.14. The summed E-state index contributed by atoms with van der Waals surface area (Å²) in [6, 6.07) is 0.157. The van der Waals surface area contributed by atoms with Crippen LogP contribution in [0.15, 0.2) is 0 Å². The lowest BCUT2D eigenvalue weighted by Gasteiger charge is -2.32. The van der Waals surface area contributed by atoms with Crippen LogP contribution in [0, 0.1) is 11.3 Å². The van der Waals surface area contributed by atoms with Gasteiger partial charge in [-0.15, -0.1) is 0 Å². The van der Waals surface area contributed by atoms with Crippen molar-refractivity contribution in [1.82, 2.24) is 10.2 Å². The molecule has 2 amide bonds. The molecule has 2 rings (SSSR count). The second-order valence-electron chi connectivity index (χ2n) is 6.35. The lowest BCUT2D eigenvalue weighted by Crippen LogP contribution is -2.46. The van der Waals surface area contributed by atoms with E-state index in [4.69, 9.17) is 0 Å². The van der Waals surface area contributed by atoms with Gasteiger partial charge in [0.1, 0.15) is 0 Å². The Bertz CT molecular complexity index is 263. The van der Waals surface area contributed by atoms with Gasteiger partial charge in [-0.05, 0) is 37.0 Å². The van der Waals surface area contributed by atoms with E-state index >= 15 is 0 Å². The number of carbonyl (C=O) groups excluding carboxylic acids is 1. The molecule has 1 aliphatic carbocycles. The fraction of sp³-hybridized carbons (Fsp3) is 0.929. The SMILES string of the molecule is CC1CCN(C(=O)NCC2(C)CCCC2)CC1. The van der Waals surface area contributed by atoms with Crippen LogP contribution in [0.3, 0.4) is 0 Å². The third-order valence-electron chi connectivity index (χ3n) is 4.55. The lowest BCUT2D eigenvalue weighted by atomic mass is 9.89. The Balaban J connectivity index is 1.73. The number of rotatable bonds is 2. The second kappa shape index (κ2) is 5.28. The zero-order valence-corrected chi connectivity index (χ0v) is 11.3. The van der Waals surface area contributed by atoms with Gasteiger partial charge in [0.25, 0.3) is 0 Å². The number of nitrogens with zero attached hydrogens (tertiary/aromatic N) is 1. The maximum atomic E-state index is 12.0. The van der Waals surface area contributed by atoms with Gasteiger partial charge in [-0.1, -0.05) is 26.7 Å². The van der Waals surface area contributed by atoms with Gasteiger partial charge in [-0.3, -0.25) is 0 Å². The molecule has 1 N–H and O–H groups in total. The minimum Gasteiger partial charge on any atom is -0.337 e. The summed E-state index contributed by atoms with van der Waals surface area (Å²) >= 11 is 0. The van der Waals surface area contributed by atoms with E-state index in [-0.39, 0.29) is 6.03 Å². The molecule has 2 aliphatic rings. The van der Waals surface area contributed by atoms with E-state index in [9.17, 15) is 4.79 Å². The van der Waals surface area contributed by atoms with Crippen molar-refractivity contribution >= 4 is 6.03 Å². The van der Waals surface area contributed by atoms with Crippen molar-refractivity contribution in [3.8, 4) is 0 Å². The lowest BCUT2D eigenvalue weighted by molar-refractivity contribution is 0.168. The van der Waals surface area contributed by atoms with Crippen molar-refractivity contribution in [1.29, 1.82) is 0 Å². The normalized spacial score (nSPS) is 24.9. The minimum atomic E-state index is 0.157. The van der Waals surface area contributed by atoms with E-state index in [2.05, 4.69) is 19.2 Å². The number of hydrogen-bond donors (Lipinski definition) is 1. The van der Waals surface area contributed by atoms with Crippen LogP contribution < -0.4 is 5.32 Å². The van der Waals surface area contributed by atoms with Crippen LogP contribution in [-0.2, 0) is 0 Å². The molecular weight excluding hydrogens is 212 g/mol. The topological polar surface area (TPSA) is 32.3 Å². The number of carbonyl (C=O) groups is 1. The minimum absolute atomic E-state index is 0.157. The van der Waals surface area contributed by atoms with Gasteiger partial charge in [0, 0.05) is 19.6 Å². The highest BCUT2D eigenvalue weighted by Gasteiger charge is 2.29. The van der Waals surface area contributed by atoms with E-state index in [1.54, 1.807) is 0 Å². The summed E-state index contributed by atoms with van der Waals surface area (Å²) < 4.78 is 0. The molecule has 1 heterocycles. The Labute approximate surface area is 105 Å². The molecule has 0 aromatic rings. The third kappa shape index (κ3) is 3.36. The molecule has 0 aromatic carbocycles. The molecule has 0 spiro atoms. The van der Waals surface area contributed by atoms with Crippen molar-refractivity contribution < 1.29 is 4.79 Å². The fourth-order valence-electron chi connectivity index (χ4n) is 3.02. The molecule has 0 unspecified atom stereocenters. The smallest absolute Gasteiger partial charge is 0.317 e. The molecule has 0 radical (unpaired) electrons. The number of likely N-dealkylation sites (tertiary alicyclic amines) is 1. The van der Waals surface area contributed by atoms with Gasteiger partial charge < -0.3 is 10.2 Å². The molecule has 17 heavy (non-hydrogen) atoms. The molecule has 98 valence electrons. The van der Waals surface area contributed by atoms with E-state index in [0.717, 1.165) is 38.4 Å². The largest absolute Gasteiger partial charge is 0.337 e. The quantitative estimate of drug-likeness (QED) is 0.788. The van der Waals surface area contributed by atoms with Crippen molar-refractivity contribution in [3.05, 3.63) is 0 Å². The van der Waals surface area contributed by atoms with Crippen LogP contribution in [0.5, 0.6) is 0 Å². The Morgan fingerprint density at radius 3 is 2.47 bits per heavy atom. The van der Waals surface area contributed by atoms with Gasteiger partial charge in [0.15, 0.2) is 0 Å². The number of piperidine rings is 1. The van der Waals surface area contributed by atoms with Crippen LogP contribution in [-0.4, -0.2) is 30.6 Å². The number of urea groups is 1. The molecule has 0 bridgehead atoms. The first-order valence-electron chi connectivity index (χ1n) is 7.12. The van der Waals surface area contributed by atoms with Crippen LogP contribution in [0.4, 0.5) is 4.79 Å². The molecule has 1 saturated heterocycles. The van der Waals surface area contributed by atoms with Crippen molar-refractivity contribution in [2.75, 3.05) is 19.6 Å². The van der Waals surface area contributed by atoms with Gasteiger partial charge in [0.05, 0.1) is 0 Å². The highest BCUT2D eigenvalue weighted by molar-refractivity contribution is 5.74. The van der Waals surface area contributed by atoms with Crippen molar-refractivity contribution in [3.63, 3.8) is 0 Å². The zero-order valence-electron chi connectivity index (χ0n) is 11.3. The average molecular weight is 238 g/mol. The van der Waals surface area contributed by atoms with E-state index in [1.165, 1.54) is 25.7 Å². The molecular formula is C14H26N2O. The predicted molar refractivity (Wildman–Crippen MR) is 69.9 cm³/mol. The molecule has 1 aliphatic heterocycles. The van der Waals surface area contributed by atoms with Gasteiger partial charge in [-0.25, -0.2) is 4.79 Å². The van der Waals surface area contributed by atoms with Crippen molar-refractivity contribution in [2.45, 2.75) is 52.4 Å². The maximum Gasteiger partial charge on any atom is 0.317 e. The Morgan fingerprint density at radius 1 is 1.29 bits per heavy atom. The van der Waals surface area contributed by atoms with Crippen LogP contribution in [0.25, 0.3) is 0 Å². The Hall–Kier alpha value is -0.730. The van der Waals surface area contributed by atoms with Crippen LogP contribution >= 0.6 is 0 Å². The molecule has 1 saturated carbocycles. The van der Waals surface area contributed by atoms with E-state index < -0.39 is 0 Å². The summed E-state index contributed by atoms with van der Waals surface area (Å²) in [6.45, 7) is 7.30. The van der Waals surface area contributed by atoms with E-state index in [0.29, 0.717) is 5.41 Å². The Kier molecular flexibility index (Phi) is 3.95. The third-order valence-corrected chi connectivity index (χ3v) is 4.55. The second-order valence-corrected chi connectivity index (χ2v) is 6.35. The van der Waals surface area contributed by atoms with Crippen LogP contribution in [0.2, 0.25) is 0 Å². The predicted octanol–water partition coefficient (Wildman–Crippen LogP) is 3.01. The number of nitrogens with one attached hydrogen (secondary N) is 1. The summed E-state index contributed by atoms with van der Waals surface area (Å²) in [6.07, 6.45) is 7.51. The first kappa shape index (κ1) is 12.7. The highest BCUT2D eigenvalue weighted by Crippen LogP contribution is 2.36. The van der Waals surface area contributed by atoms with Gasteiger partial charge in [-0.2, -0.15) is 0 Å². The Morgan fingerprint density at radius 2 is 1.88 bits per heavy atom. The summed E-state index contributed by atoms with van der Waals surface area (Å²) in [5.74, 6) is 0.784. The number of amides is 2. The average Bonchev–Trinajstić information content (AvgIpc) is 2.75. The fourth-order valence-corrected chi connectivity index (χ4v) is 3.02. The molecule has 3 heteroatoms.